The summed E-state index contributed by atoms with van der Waals surface area (Å²) < 4.78 is 0. The van der Waals surface area contributed by atoms with Gasteiger partial charge in [-0.25, -0.2) is 0 Å². The molecule has 1 amide bonds. The Balaban J connectivity index is 0. The van der Waals surface area contributed by atoms with Gasteiger partial charge in [0.1, 0.15) is 0 Å². The molecular formula is C15H31NO. The lowest BCUT2D eigenvalue weighted by molar-refractivity contribution is -0.132. The van der Waals surface area contributed by atoms with Crippen LogP contribution in [0.3, 0.4) is 0 Å². The van der Waals surface area contributed by atoms with Crippen LogP contribution in [0.5, 0.6) is 0 Å². The van der Waals surface area contributed by atoms with E-state index in [2.05, 4.69) is 13.5 Å². The molecular weight excluding hydrogens is 210 g/mol. The van der Waals surface area contributed by atoms with Gasteiger partial charge in [-0.1, -0.05) is 40.7 Å². The number of allylic oxidation sites excluding steroid dienone is 1. The number of piperidine rings is 1. The second-order valence-corrected chi connectivity index (χ2v) is 4.35. The molecule has 0 aromatic carbocycles. The van der Waals surface area contributed by atoms with E-state index in [4.69, 9.17) is 0 Å². The van der Waals surface area contributed by atoms with Crippen LogP contribution in [0.4, 0.5) is 0 Å². The van der Waals surface area contributed by atoms with Crippen LogP contribution >= 0.6 is 0 Å². The molecule has 0 spiro atoms. The van der Waals surface area contributed by atoms with Crippen molar-refractivity contribution in [1.82, 2.24) is 4.90 Å². The molecule has 0 saturated carbocycles. The molecule has 2 nitrogen and oxygen atoms in total. The maximum Gasteiger partial charge on any atom is 0.219 e. The summed E-state index contributed by atoms with van der Waals surface area (Å²) in [5.41, 5.74) is 0.270. The minimum Gasteiger partial charge on any atom is -0.342 e. The third kappa shape index (κ3) is 7.19. The molecule has 1 aliphatic rings. The molecule has 1 heterocycles. The molecule has 0 aliphatic carbocycles. The minimum absolute atomic E-state index is 0.204. The van der Waals surface area contributed by atoms with E-state index in [-0.39, 0.29) is 11.3 Å². The van der Waals surface area contributed by atoms with Crippen molar-refractivity contribution < 1.29 is 4.79 Å². The molecule has 0 aromatic heterocycles. The van der Waals surface area contributed by atoms with Crippen LogP contribution in [-0.2, 0) is 4.79 Å². The third-order valence-corrected chi connectivity index (χ3v) is 2.86. The second-order valence-electron chi connectivity index (χ2n) is 4.35. The summed E-state index contributed by atoms with van der Waals surface area (Å²) in [6.45, 7) is 17.5. The monoisotopic (exact) mass is 241 g/mol. The van der Waals surface area contributed by atoms with Gasteiger partial charge in [0.15, 0.2) is 0 Å². The Morgan fingerprint density at radius 3 is 2.29 bits per heavy atom. The molecule has 17 heavy (non-hydrogen) atoms. The summed E-state index contributed by atoms with van der Waals surface area (Å²) >= 11 is 0. The fraction of sp³-hybridized carbons (Fsp3) is 0.800. The molecule has 1 saturated heterocycles. The van der Waals surface area contributed by atoms with Gasteiger partial charge in [-0.2, -0.15) is 0 Å². The van der Waals surface area contributed by atoms with Crippen molar-refractivity contribution in [1.29, 1.82) is 0 Å². The van der Waals surface area contributed by atoms with Crippen molar-refractivity contribution in [2.75, 3.05) is 13.1 Å². The predicted octanol–water partition coefficient (Wildman–Crippen LogP) is 4.26. The van der Waals surface area contributed by atoms with E-state index in [0.29, 0.717) is 0 Å². The van der Waals surface area contributed by atoms with Crippen molar-refractivity contribution in [2.45, 2.75) is 60.8 Å². The highest BCUT2D eigenvalue weighted by atomic mass is 16.2. The topological polar surface area (TPSA) is 20.3 Å². The van der Waals surface area contributed by atoms with Gasteiger partial charge in [0, 0.05) is 20.0 Å². The van der Waals surface area contributed by atoms with Crippen molar-refractivity contribution in [3.05, 3.63) is 12.7 Å². The average molecular weight is 241 g/mol. The van der Waals surface area contributed by atoms with E-state index in [0.717, 1.165) is 25.9 Å². The average Bonchev–Trinajstić information content (AvgIpc) is 2.34. The molecule has 0 radical (unpaired) electrons. The normalized spacial score (nSPS) is 22.6. The Hall–Kier alpha value is -0.790. The molecule has 2 heteroatoms. The number of nitrogens with zero attached hydrogens (tertiary/aromatic N) is 1. The van der Waals surface area contributed by atoms with Gasteiger partial charge in [-0.05, 0) is 24.7 Å². The van der Waals surface area contributed by atoms with Gasteiger partial charge in [-0.3, -0.25) is 4.79 Å². The Bertz CT molecular complexity index is 213. The van der Waals surface area contributed by atoms with Gasteiger partial charge in [-0.15, -0.1) is 6.58 Å². The number of hydrogen-bond donors (Lipinski definition) is 0. The number of likely N-dealkylation sites (tertiary alicyclic amines) is 1. The number of carbonyl (C=O) groups excluding carboxylic acids is 1. The summed E-state index contributed by atoms with van der Waals surface area (Å²) in [4.78, 5) is 13.1. The maximum atomic E-state index is 11.2. The smallest absolute Gasteiger partial charge is 0.219 e. The highest BCUT2D eigenvalue weighted by molar-refractivity contribution is 5.73. The Morgan fingerprint density at radius 1 is 1.35 bits per heavy atom. The summed E-state index contributed by atoms with van der Waals surface area (Å²) in [7, 11) is 0. The zero-order valence-corrected chi connectivity index (χ0v) is 12.7. The highest BCUT2D eigenvalue weighted by Gasteiger charge is 2.30. The number of amides is 1. The number of rotatable bonds is 2. The Kier molecular flexibility index (Phi) is 11.3. The summed E-state index contributed by atoms with van der Waals surface area (Å²) in [5.74, 6) is 0.204. The van der Waals surface area contributed by atoms with Gasteiger partial charge < -0.3 is 4.90 Å². The van der Waals surface area contributed by atoms with Gasteiger partial charge in [0.05, 0.1) is 0 Å². The SMILES string of the molecule is C=CCC1(C)CCCN(C(C)=O)C1.CC.CC. The van der Waals surface area contributed by atoms with Gasteiger partial charge >= 0.3 is 0 Å². The van der Waals surface area contributed by atoms with Gasteiger partial charge in [0.2, 0.25) is 5.91 Å². The van der Waals surface area contributed by atoms with Crippen LogP contribution in [0, 0.1) is 5.41 Å². The number of carbonyl (C=O) groups is 1. The van der Waals surface area contributed by atoms with E-state index in [9.17, 15) is 4.79 Å². The first-order valence-electron chi connectivity index (χ1n) is 6.94. The molecule has 0 N–H and O–H groups in total. The molecule has 0 aromatic rings. The lowest BCUT2D eigenvalue weighted by atomic mass is 9.79. The standard InChI is InChI=1S/C11H19NO.2C2H6/c1-4-6-11(3)7-5-8-12(9-11)10(2)13;2*1-2/h4H,1,5-9H2,2-3H3;2*1-2H3. The zero-order chi connectivity index (χ0) is 13.9. The van der Waals surface area contributed by atoms with Crippen molar-refractivity contribution in [3.8, 4) is 0 Å². The molecule has 1 aliphatic heterocycles. The minimum atomic E-state index is 0.204. The Morgan fingerprint density at radius 2 is 1.88 bits per heavy atom. The first-order valence-corrected chi connectivity index (χ1v) is 6.94. The van der Waals surface area contributed by atoms with Crippen molar-refractivity contribution >= 4 is 5.91 Å². The second kappa shape index (κ2) is 10.4. The van der Waals surface area contributed by atoms with Gasteiger partial charge in [0.25, 0.3) is 0 Å². The van der Waals surface area contributed by atoms with E-state index in [1.807, 2.05) is 38.7 Å². The Labute approximate surface area is 108 Å². The van der Waals surface area contributed by atoms with Crippen LogP contribution < -0.4 is 0 Å². The zero-order valence-electron chi connectivity index (χ0n) is 12.7. The van der Waals surface area contributed by atoms with Crippen molar-refractivity contribution in [2.24, 2.45) is 5.41 Å². The predicted molar refractivity (Wildman–Crippen MR) is 77.1 cm³/mol. The fourth-order valence-corrected chi connectivity index (χ4v) is 2.10. The maximum absolute atomic E-state index is 11.2. The first kappa shape index (κ1) is 18.6. The molecule has 1 atom stereocenters. The third-order valence-electron chi connectivity index (χ3n) is 2.86. The fourth-order valence-electron chi connectivity index (χ4n) is 2.10. The van der Waals surface area contributed by atoms with Crippen LogP contribution in [0.1, 0.15) is 60.8 Å². The molecule has 1 fully saturated rings. The summed E-state index contributed by atoms with van der Waals surface area (Å²) in [6.07, 6.45) is 5.31. The number of hydrogen-bond acceptors (Lipinski definition) is 1. The van der Waals surface area contributed by atoms with E-state index < -0.39 is 0 Å². The van der Waals surface area contributed by atoms with E-state index in [1.165, 1.54) is 6.42 Å². The van der Waals surface area contributed by atoms with Crippen LogP contribution in [0.15, 0.2) is 12.7 Å². The molecule has 0 bridgehead atoms. The lowest BCUT2D eigenvalue weighted by Crippen LogP contribution is -2.43. The van der Waals surface area contributed by atoms with E-state index >= 15 is 0 Å². The largest absolute Gasteiger partial charge is 0.342 e. The van der Waals surface area contributed by atoms with Crippen LogP contribution in [-0.4, -0.2) is 23.9 Å². The highest BCUT2D eigenvalue weighted by Crippen LogP contribution is 2.32. The lowest BCUT2D eigenvalue weighted by Gasteiger charge is -2.39. The van der Waals surface area contributed by atoms with Crippen LogP contribution in [0.2, 0.25) is 0 Å². The van der Waals surface area contributed by atoms with Crippen LogP contribution in [0.25, 0.3) is 0 Å². The molecule has 1 unspecified atom stereocenters. The molecule has 102 valence electrons. The quantitative estimate of drug-likeness (QED) is 0.661. The van der Waals surface area contributed by atoms with E-state index in [1.54, 1.807) is 6.92 Å². The summed E-state index contributed by atoms with van der Waals surface area (Å²) in [5, 5.41) is 0. The van der Waals surface area contributed by atoms with Crippen molar-refractivity contribution in [3.63, 3.8) is 0 Å². The summed E-state index contributed by atoms with van der Waals surface area (Å²) in [6, 6.07) is 0. The molecule has 1 rings (SSSR count). The first-order chi connectivity index (χ1) is 8.07.